The van der Waals surface area contributed by atoms with Gasteiger partial charge in [0.15, 0.2) is 5.78 Å². The summed E-state index contributed by atoms with van der Waals surface area (Å²) in [4.78, 5) is 13.2. The Hall–Kier alpha value is -0.750. The molecule has 140 valence electrons. The number of Topliss-reactive ketones (excluding diaryl/α,β-unsaturated/α-hetero) is 1. The van der Waals surface area contributed by atoms with Crippen LogP contribution < -0.4 is 0 Å². The van der Waals surface area contributed by atoms with E-state index in [1.54, 1.807) is 0 Å². The van der Waals surface area contributed by atoms with Crippen molar-refractivity contribution >= 4 is 5.78 Å². The summed E-state index contributed by atoms with van der Waals surface area (Å²) in [6.45, 7) is 7.92. The molecule has 4 N–H and O–H groups in total. The molecular formula is C20H30O5. The lowest BCUT2D eigenvalue weighted by atomic mass is 9.38. The maximum absolute atomic E-state index is 13.2. The first-order valence-corrected chi connectivity index (χ1v) is 9.54. The molecule has 0 aromatic carbocycles. The van der Waals surface area contributed by atoms with Gasteiger partial charge < -0.3 is 20.4 Å². The van der Waals surface area contributed by atoms with Crippen LogP contribution in [-0.2, 0) is 4.79 Å². The average molecular weight is 350 g/mol. The quantitative estimate of drug-likeness (QED) is 0.530. The fraction of sp³-hybridized carbons (Fsp3) is 0.850. The van der Waals surface area contributed by atoms with Crippen LogP contribution in [0.3, 0.4) is 0 Å². The van der Waals surface area contributed by atoms with Crippen LogP contribution in [0, 0.1) is 34.0 Å². The minimum absolute atomic E-state index is 0.0928. The molecule has 0 saturated heterocycles. The van der Waals surface area contributed by atoms with Gasteiger partial charge in [-0.25, -0.2) is 0 Å². The molecule has 0 radical (unpaired) electrons. The van der Waals surface area contributed by atoms with E-state index in [0.29, 0.717) is 31.3 Å². The van der Waals surface area contributed by atoms with E-state index in [1.165, 1.54) is 0 Å². The van der Waals surface area contributed by atoms with E-state index < -0.39 is 35.1 Å². The van der Waals surface area contributed by atoms with Crippen molar-refractivity contribution < 1.29 is 25.2 Å². The lowest BCUT2D eigenvalue weighted by Crippen LogP contribution is -2.71. The van der Waals surface area contributed by atoms with Gasteiger partial charge in [0, 0.05) is 11.3 Å². The highest BCUT2D eigenvalue weighted by Gasteiger charge is 2.76. The summed E-state index contributed by atoms with van der Waals surface area (Å²) in [7, 11) is 0. The Kier molecular flexibility index (Phi) is 3.64. The largest absolute Gasteiger partial charge is 0.396 e. The molecule has 4 aliphatic carbocycles. The number of carbonyl (C=O) groups excluding carboxylic acids is 1. The predicted octanol–water partition coefficient (Wildman–Crippen LogP) is 1.04. The maximum atomic E-state index is 13.2. The van der Waals surface area contributed by atoms with Crippen LogP contribution in [0.4, 0.5) is 0 Å². The van der Waals surface area contributed by atoms with E-state index in [0.717, 1.165) is 6.42 Å². The van der Waals surface area contributed by atoms with Gasteiger partial charge in [-0.2, -0.15) is 0 Å². The maximum Gasteiger partial charge on any atom is 0.170 e. The third-order valence-electron chi connectivity index (χ3n) is 8.55. The Labute approximate surface area is 148 Å². The fourth-order valence-corrected chi connectivity index (χ4v) is 7.35. The second-order valence-electron chi connectivity index (χ2n) is 9.59. The minimum atomic E-state index is -1.31. The smallest absolute Gasteiger partial charge is 0.170 e. The summed E-state index contributed by atoms with van der Waals surface area (Å²) in [5.74, 6) is -1.07. The number of carbonyl (C=O) groups is 1. The molecule has 25 heavy (non-hydrogen) atoms. The first-order valence-electron chi connectivity index (χ1n) is 9.54. The molecule has 5 heteroatoms. The Morgan fingerprint density at radius 2 is 1.76 bits per heavy atom. The van der Waals surface area contributed by atoms with Gasteiger partial charge in [-0.3, -0.25) is 4.79 Å². The van der Waals surface area contributed by atoms with Crippen molar-refractivity contribution in [3.05, 3.63) is 12.2 Å². The van der Waals surface area contributed by atoms with Crippen LogP contribution in [0.2, 0.25) is 0 Å². The van der Waals surface area contributed by atoms with E-state index in [1.807, 2.05) is 0 Å². The lowest BCUT2D eigenvalue weighted by Gasteiger charge is -2.66. The first-order chi connectivity index (χ1) is 11.7. The number of hydrogen-bond acceptors (Lipinski definition) is 5. The monoisotopic (exact) mass is 350 g/mol. The number of ketones is 1. The van der Waals surface area contributed by atoms with Gasteiger partial charge in [0.1, 0.15) is 0 Å². The number of hydrogen-bond donors (Lipinski definition) is 4. The highest BCUT2D eigenvalue weighted by Crippen LogP contribution is 2.70. The van der Waals surface area contributed by atoms with Crippen LogP contribution in [-0.4, -0.2) is 51.1 Å². The van der Waals surface area contributed by atoms with E-state index in [9.17, 15) is 25.2 Å². The lowest BCUT2D eigenvalue weighted by molar-refractivity contribution is -0.267. The van der Waals surface area contributed by atoms with E-state index in [4.69, 9.17) is 0 Å². The van der Waals surface area contributed by atoms with Crippen molar-refractivity contribution in [1.82, 2.24) is 0 Å². The predicted molar refractivity (Wildman–Crippen MR) is 91.5 cm³/mol. The van der Waals surface area contributed by atoms with E-state index in [2.05, 4.69) is 20.4 Å². The molecule has 5 nitrogen and oxygen atoms in total. The van der Waals surface area contributed by atoms with Gasteiger partial charge >= 0.3 is 0 Å². The second-order valence-corrected chi connectivity index (χ2v) is 9.59. The highest BCUT2D eigenvalue weighted by atomic mass is 16.3. The minimum Gasteiger partial charge on any atom is -0.396 e. The summed E-state index contributed by atoms with van der Waals surface area (Å²) in [6.07, 6.45) is 0.291. The van der Waals surface area contributed by atoms with Crippen molar-refractivity contribution in [2.24, 2.45) is 34.0 Å². The van der Waals surface area contributed by atoms with E-state index >= 15 is 0 Å². The molecule has 4 aliphatic rings. The Morgan fingerprint density at radius 1 is 1.08 bits per heavy atom. The summed E-state index contributed by atoms with van der Waals surface area (Å²) < 4.78 is 0. The molecule has 0 heterocycles. The first kappa shape index (κ1) is 17.7. The summed E-state index contributed by atoms with van der Waals surface area (Å²) >= 11 is 0. The number of fused-ring (bicyclic) bond motifs is 3. The SMILES string of the molecule is C=C1C(=O)[C@@]23C(O)[C@@H]1CCC2[C@]1(CO)C(C[C@@H]3O)C(C)(C)CC[C@H]1O. The molecule has 2 bridgehead atoms. The molecule has 3 unspecified atom stereocenters. The van der Waals surface area contributed by atoms with Crippen LogP contribution in [0.1, 0.15) is 46.0 Å². The zero-order valence-corrected chi connectivity index (χ0v) is 15.1. The second kappa shape index (κ2) is 5.16. The Balaban J connectivity index is 1.94. The van der Waals surface area contributed by atoms with Crippen LogP contribution in [0.5, 0.6) is 0 Å². The molecule has 4 saturated carbocycles. The zero-order chi connectivity index (χ0) is 18.4. The molecule has 0 aromatic heterocycles. The standard InChI is InChI=1S/C20H30O5/c1-10-11-4-5-12-19(9-21)13(18(2,3)7-6-14(19)22)8-15(23)20(12,16(10)24)17(11)25/h11-15,17,21-23,25H,1,4-9H2,2-3H3/t11-,12?,13?,14-,15+,17?,19-,20-/m1/s1. The molecule has 0 aromatic rings. The Bertz CT molecular complexity index is 628. The number of aliphatic hydroxyl groups is 4. The molecule has 8 atom stereocenters. The van der Waals surface area contributed by atoms with E-state index in [-0.39, 0.29) is 29.6 Å². The number of rotatable bonds is 1. The zero-order valence-electron chi connectivity index (χ0n) is 15.1. The molecule has 4 rings (SSSR count). The number of aliphatic hydroxyl groups excluding tert-OH is 4. The van der Waals surface area contributed by atoms with Crippen molar-refractivity contribution in [1.29, 1.82) is 0 Å². The fourth-order valence-electron chi connectivity index (χ4n) is 7.35. The van der Waals surface area contributed by atoms with Crippen LogP contribution >= 0.6 is 0 Å². The van der Waals surface area contributed by atoms with Crippen molar-refractivity contribution in [2.75, 3.05) is 6.61 Å². The molecule has 1 spiro atoms. The molecule has 4 fully saturated rings. The van der Waals surface area contributed by atoms with Crippen molar-refractivity contribution in [2.45, 2.75) is 64.3 Å². The van der Waals surface area contributed by atoms with Crippen LogP contribution in [0.25, 0.3) is 0 Å². The van der Waals surface area contributed by atoms with Crippen LogP contribution in [0.15, 0.2) is 12.2 Å². The Morgan fingerprint density at radius 3 is 2.40 bits per heavy atom. The molecular weight excluding hydrogens is 320 g/mol. The summed E-state index contributed by atoms with van der Waals surface area (Å²) in [5.41, 5.74) is -1.91. The molecule has 0 amide bonds. The third-order valence-corrected chi connectivity index (χ3v) is 8.55. The topological polar surface area (TPSA) is 98.0 Å². The normalized spacial score (nSPS) is 54.2. The van der Waals surface area contributed by atoms with Gasteiger partial charge in [0.05, 0.1) is 30.3 Å². The van der Waals surface area contributed by atoms with Crippen molar-refractivity contribution in [3.8, 4) is 0 Å². The van der Waals surface area contributed by atoms with Gasteiger partial charge in [0.25, 0.3) is 0 Å². The molecule has 0 aliphatic heterocycles. The highest BCUT2D eigenvalue weighted by molar-refractivity contribution is 6.04. The summed E-state index contributed by atoms with van der Waals surface area (Å²) in [6, 6.07) is 0. The van der Waals surface area contributed by atoms with Gasteiger partial charge in [-0.05, 0) is 54.9 Å². The van der Waals surface area contributed by atoms with Gasteiger partial charge in [0.2, 0.25) is 0 Å². The summed E-state index contributed by atoms with van der Waals surface area (Å²) in [5, 5.41) is 43.7. The third kappa shape index (κ3) is 1.76. The van der Waals surface area contributed by atoms with Crippen molar-refractivity contribution in [3.63, 3.8) is 0 Å². The van der Waals surface area contributed by atoms with Gasteiger partial charge in [-0.1, -0.05) is 20.4 Å². The van der Waals surface area contributed by atoms with Gasteiger partial charge in [-0.15, -0.1) is 0 Å². The average Bonchev–Trinajstić information content (AvgIpc) is 2.68.